The van der Waals surface area contributed by atoms with Crippen LogP contribution in [0, 0.1) is 12.7 Å². The van der Waals surface area contributed by atoms with Crippen LogP contribution in [-0.4, -0.2) is 20.6 Å². The Labute approximate surface area is 199 Å². The monoisotopic (exact) mass is 471 g/mol. The molecule has 4 heterocycles. The fraction of sp³-hybridized carbons (Fsp3) is 0.222. The molecule has 0 radical (unpaired) electrons. The quantitative estimate of drug-likeness (QED) is 0.300. The number of anilines is 1. The van der Waals surface area contributed by atoms with Crippen molar-refractivity contribution < 1.29 is 19.0 Å². The van der Waals surface area contributed by atoms with E-state index in [0.29, 0.717) is 28.2 Å². The number of carbonyl (C=O) groups excluding carboxylic acids is 1. The van der Waals surface area contributed by atoms with Gasteiger partial charge in [-0.15, -0.1) is 0 Å². The van der Waals surface area contributed by atoms with Gasteiger partial charge in [0.05, 0.1) is 29.0 Å². The van der Waals surface area contributed by atoms with Crippen LogP contribution in [-0.2, 0) is 28.3 Å². The molecule has 0 spiro atoms. The van der Waals surface area contributed by atoms with Crippen molar-refractivity contribution in [3.8, 4) is 22.5 Å². The highest BCUT2D eigenvalue weighted by atomic mass is 19.1. The van der Waals surface area contributed by atoms with Crippen LogP contribution in [0.1, 0.15) is 35.6 Å². The Bertz CT molecular complexity index is 1640. The minimum atomic E-state index is -1.91. The van der Waals surface area contributed by atoms with Crippen LogP contribution in [0.5, 0.6) is 0 Å². The van der Waals surface area contributed by atoms with E-state index in [1.54, 1.807) is 42.7 Å². The summed E-state index contributed by atoms with van der Waals surface area (Å²) in [6, 6.07) is 12.2. The van der Waals surface area contributed by atoms with Gasteiger partial charge in [-0.25, -0.2) is 14.2 Å². The Morgan fingerprint density at radius 3 is 2.63 bits per heavy atom. The number of fused-ring (bicyclic) bond motifs is 5. The number of nitrogen functional groups attached to an aromatic ring is 1. The third-order valence-electron chi connectivity index (χ3n) is 7.17. The van der Waals surface area contributed by atoms with E-state index in [0.717, 1.165) is 22.1 Å². The second-order valence-corrected chi connectivity index (χ2v) is 9.16. The first-order valence-corrected chi connectivity index (χ1v) is 11.4. The van der Waals surface area contributed by atoms with Crippen molar-refractivity contribution in [1.82, 2.24) is 9.55 Å². The maximum Gasteiger partial charge on any atom is 0.343 e. The number of carbonyl (C=O) groups is 1. The zero-order valence-corrected chi connectivity index (χ0v) is 19.2. The van der Waals surface area contributed by atoms with E-state index >= 15 is 0 Å². The molecule has 4 aromatic rings. The maximum absolute atomic E-state index is 14.6. The lowest BCUT2D eigenvalue weighted by atomic mass is 9.86. The molecular weight excluding hydrogens is 449 g/mol. The van der Waals surface area contributed by atoms with Gasteiger partial charge in [-0.3, -0.25) is 4.79 Å². The van der Waals surface area contributed by atoms with Crippen LogP contribution in [0.4, 0.5) is 10.1 Å². The fourth-order valence-electron chi connectivity index (χ4n) is 5.19. The van der Waals surface area contributed by atoms with Gasteiger partial charge >= 0.3 is 5.97 Å². The third-order valence-corrected chi connectivity index (χ3v) is 7.17. The summed E-state index contributed by atoms with van der Waals surface area (Å²) < 4.78 is 21.3. The Hall–Kier alpha value is -4.04. The van der Waals surface area contributed by atoms with Gasteiger partial charge in [0.1, 0.15) is 12.4 Å². The molecule has 0 bridgehead atoms. The molecule has 2 aromatic carbocycles. The number of aromatic nitrogens is 2. The van der Waals surface area contributed by atoms with E-state index in [1.165, 1.54) is 6.07 Å². The highest BCUT2D eigenvalue weighted by Crippen LogP contribution is 2.43. The van der Waals surface area contributed by atoms with Crippen LogP contribution < -0.4 is 11.3 Å². The number of ether oxygens (including phenoxy) is 1. The van der Waals surface area contributed by atoms with Gasteiger partial charge in [0.15, 0.2) is 5.60 Å². The van der Waals surface area contributed by atoms with Crippen molar-refractivity contribution in [3.05, 3.63) is 80.9 Å². The molecule has 0 fully saturated rings. The van der Waals surface area contributed by atoms with Crippen molar-refractivity contribution in [2.24, 2.45) is 0 Å². The van der Waals surface area contributed by atoms with Crippen LogP contribution in [0.3, 0.4) is 0 Å². The highest BCUT2D eigenvalue weighted by Gasteiger charge is 2.45. The van der Waals surface area contributed by atoms with Gasteiger partial charge < -0.3 is 20.1 Å². The number of aryl methyl sites for hydroxylation is 1. The van der Waals surface area contributed by atoms with Crippen LogP contribution in [0.2, 0.25) is 0 Å². The van der Waals surface area contributed by atoms with E-state index in [1.807, 2.05) is 12.1 Å². The number of cyclic esters (lactones) is 1. The highest BCUT2D eigenvalue weighted by molar-refractivity contribution is 6.00. The normalized spacial score (nSPS) is 18.2. The summed E-state index contributed by atoms with van der Waals surface area (Å²) in [5.41, 5.74) is 9.21. The molecule has 2 aliphatic heterocycles. The smallest absolute Gasteiger partial charge is 0.343 e. The minimum absolute atomic E-state index is 0.0565. The Kier molecular flexibility index (Phi) is 4.44. The first kappa shape index (κ1) is 21.5. The second kappa shape index (κ2) is 7.23. The predicted molar refractivity (Wildman–Crippen MR) is 129 cm³/mol. The molecule has 0 unspecified atom stereocenters. The van der Waals surface area contributed by atoms with Gasteiger partial charge in [0, 0.05) is 28.3 Å². The number of nitrogens with two attached hydrogens (primary N) is 1. The molecule has 0 amide bonds. The van der Waals surface area contributed by atoms with Gasteiger partial charge in [0.2, 0.25) is 0 Å². The minimum Gasteiger partial charge on any atom is -0.458 e. The summed E-state index contributed by atoms with van der Waals surface area (Å²) in [4.78, 5) is 30.7. The molecule has 0 saturated carbocycles. The predicted octanol–water partition coefficient (Wildman–Crippen LogP) is 3.78. The number of nitrogens with zero attached hydrogens (tertiary/aromatic N) is 2. The van der Waals surface area contributed by atoms with E-state index < -0.39 is 11.6 Å². The lowest BCUT2D eigenvalue weighted by molar-refractivity contribution is -0.172. The van der Waals surface area contributed by atoms with E-state index in [4.69, 9.17) is 15.5 Å². The molecule has 3 N–H and O–H groups in total. The van der Waals surface area contributed by atoms with Crippen molar-refractivity contribution in [2.45, 2.75) is 39.0 Å². The van der Waals surface area contributed by atoms with E-state index in [-0.39, 0.29) is 42.1 Å². The number of esters is 1. The Balaban J connectivity index is 1.70. The molecular formula is C27H22FN3O4. The number of hydrogen-bond acceptors (Lipinski definition) is 6. The summed E-state index contributed by atoms with van der Waals surface area (Å²) in [7, 11) is 0. The van der Waals surface area contributed by atoms with Gasteiger partial charge in [-0.1, -0.05) is 19.1 Å². The molecule has 2 aromatic heterocycles. The van der Waals surface area contributed by atoms with Crippen molar-refractivity contribution in [3.63, 3.8) is 0 Å². The van der Waals surface area contributed by atoms with Crippen molar-refractivity contribution >= 4 is 22.6 Å². The molecule has 8 heteroatoms. The average molecular weight is 471 g/mol. The first-order chi connectivity index (χ1) is 16.7. The third kappa shape index (κ3) is 2.89. The average Bonchev–Trinajstić information content (AvgIpc) is 3.20. The molecule has 1 atom stereocenters. The summed E-state index contributed by atoms with van der Waals surface area (Å²) in [5, 5.41) is 11.9. The lowest BCUT2D eigenvalue weighted by Gasteiger charge is -2.31. The summed E-state index contributed by atoms with van der Waals surface area (Å²) >= 11 is 0. The summed E-state index contributed by atoms with van der Waals surface area (Å²) in [5.74, 6) is -1.15. The largest absolute Gasteiger partial charge is 0.458 e. The van der Waals surface area contributed by atoms with E-state index in [9.17, 15) is 19.1 Å². The first-order valence-electron chi connectivity index (χ1n) is 11.4. The number of benzene rings is 2. The van der Waals surface area contributed by atoms with E-state index in [2.05, 4.69) is 0 Å². The molecule has 0 aliphatic carbocycles. The molecule has 176 valence electrons. The number of halogens is 1. The van der Waals surface area contributed by atoms with Crippen LogP contribution in [0.15, 0.2) is 47.3 Å². The molecule has 2 aliphatic rings. The van der Waals surface area contributed by atoms with Crippen molar-refractivity contribution in [2.75, 3.05) is 5.73 Å². The Morgan fingerprint density at radius 2 is 1.91 bits per heavy atom. The summed E-state index contributed by atoms with van der Waals surface area (Å²) in [6.07, 6.45) is 0.0565. The number of hydrogen-bond donors (Lipinski definition) is 2. The standard InChI is InChI=1S/C27H22FN3O4/c1-3-27(34)19-9-22-24-17(11-31(22)25(32)18(19)12-35-26(27)33)23(14-4-6-15(29)7-5-14)16-8-13(2)20(28)10-21(16)30-24/h4-10,34H,3,11-12,29H2,1-2H3/t27-/m0/s1. The van der Waals surface area contributed by atoms with Gasteiger partial charge in [-0.05, 0) is 54.3 Å². The zero-order chi connectivity index (χ0) is 24.6. The Morgan fingerprint density at radius 1 is 1.17 bits per heavy atom. The molecule has 35 heavy (non-hydrogen) atoms. The second-order valence-electron chi connectivity index (χ2n) is 9.16. The zero-order valence-electron chi connectivity index (χ0n) is 19.2. The van der Waals surface area contributed by atoms with Crippen LogP contribution in [0.25, 0.3) is 33.4 Å². The molecule has 6 rings (SSSR count). The molecule has 7 nitrogen and oxygen atoms in total. The SMILES string of the molecule is CC[C@@]1(O)C(=O)OCc2c1cc1n(c2=O)Cc2c-1nc1cc(F)c(C)cc1c2-c1ccc(N)cc1. The number of aliphatic hydroxyl groups is 1. The lowest BCUT2D eigenvalue weighted by Crippen LogP contribution is -2.44. The van der Waals surface area contributed by atoms with Crippen LogP contribution >= 0.6 is 0 Å². The fourth-order valence-corrected chi connectivity index (χ4v) is 5.19. The van der Waals surface area contributed by atoms with Gasteiger partial charge in [0.25, 0.3) is 5.56 Å². The maximum atomic E-state index is 14.6. The van der Waals surface area contributed by atoms with Crippen molar-refractivity contribution in [1.29, 1.82) is 0 Å². The number of pyridine rings is 2. The van der Waals surface area contributed by atoms with Gasteiger partial charge in [-0.2, -0.15) is 0 Å². The molecule has 0 saturated heterocycles. The summed E-state index contributed by atoms with van der Waals surface area (Å²) in [6.45, 7) is 3.40. The topological polar surface area (TPSA) is 107 Å². The number of rotatable bonds is 2.